The Kier molecular flexibility index (Phi) is 8.02. The molecule has 1 unspecified atom stereocenters. The average Bonchev–Trinajstić information content (AvgIpc) is 3.53. The highest BCUT2D eigenvalue weighted by Crippen LogP contribution is 2.35. The van der Waals surface area contributed by atoms with Crippen molar-refractivity contribution in [1.82, 2.24) is 4.57 Å². The van der Waals surface area contributed by atoms with Crippen molar-refractivity contribution in [1.29, 1.82) is 0 Å². The van der Waals surface area contributed by atoms with Crippen molar-refractivity contribution >= 4 is 45.0 Å². The molecule has 1 atom stereocenters. The van der Waals surface area contributed by atoms with Gasteiger partial charge in [0.05, 0.1) is 45.0 Å². The SMILES string of the molecule is CCOC(=O)C1=C(C)N=c2s/c(=C\c3ccc(-c4cc(C)c(C)c([N+](=O)[O-])c4)o3)c(=O)n2C1c1ccc(OC)c(Br)c1. The van der Waals surface area contributed by atoms with Crippen molar-refractivity contribution in [3.8, 4) is 17.1 Å². The number of hydrogen-bond donors (Lipinski definition) is 0. The molecule has 2 aromatic carbocycles. The molecule has 0 bridgehead atoms. The number of hydrogen-bond acceptors (Lipinski definition) is 9. The number of nitro benzene ring substituents is 1. The number of nitrogens with zero attached hydrogens (tertiary/aromatic N) is 3. The second-order valence-corrected chi connectivity index (χ2v) is 11.5. The van der Waals surface area contributed by atoms with Gasteiger partial charge in [-0.2, -0.15) is 0 Å². The summed E-state index contributed by atoms with van der Waals surface area (Å²) in [6, 6.07) is 11.3. The van der Waals surface area contributed by atoms with Crippen molar-refractivity contribution in [2.75, 3.05) is 13.7 Å². The number of thiazole rings is 1. The number of aryl methyl sites for hydroxylation is 1. The third-order valence-electron chi connectivity index (χ3n) is 7.03. The molecule has 0 aliphatic carbocycles. The highest BCUT2D eigenvalue weighted by molar-refractivity contribution is 9.10. The number of aromatic nitrogens is 1. The summed E-state index contributed by atoms with van der Waals surface area (Å²) in [6.07, 6.45) is 1.60. The normalized spacial score (nSPS) is 14.9. The van der Waals surface area contributed by atoms with Gasteiger partial charge in [0.25, 0.3) is 11.2 Å². The van der Waals surface area contributed by atoms with E-state index in [1.54, 1.807) is 71.2 Å². The van der Waals surface area contributed by atoms with Crippen LogP contribution in [-0.4, -0.2) is 29.2 Å². The van der Waals surface area contributed by atoms with E-state index in [0.717, 1.165) is 5.56 Å². The highest BCUT2D eigenvalue weighted by atomic mass is 79.9. The van der Waals surface area contributed by atoms with E-state index in [2.05, 4.69) is 20.9 Å². The third-order valence-corrected chi connectivity index (χ3v) is 8.63. The molecule has 3 heterocycles. The first-order valence-electron chi connectivity index (χ1n) is 12.9. The molecule has 10 nitrogen and oxygen atoms in total. The predicted molar refractivity (Wildman–Crippen MR) is 161 cm³/mol. The second-order valence-electron chi connectivity index (χ2n) is 9.59. The number of fused-ring (bicyclic) bond motifs is 1. The first-order chi connectivity index (χ1) is 20.0. The first-order valence-corrected chi connectivity index (χ1v) is 14.5. The maximum absolute atomic E-state index is 13.9. The summed E-state index contributed by atoms with van der Waals surface area (Å²) < 4.78 is 19.2. The number of benzene rings is 2. The lowest BCUT2D eigenvalue weighted by molar-refractivity contribution is -0.385. The predicted octanol–water partition coefficient (Wildman–Crippen LogP) is 5.35. The van der Waals surface area contributed by atoms with Crippen LogP contribution in [0.4, 0.5) is 5.69 Å². The minimum atomic E-state index is -0.784. The summed E-state index contributed by atoms with van der Waals surface area (Å²) in [6.45, 7) is 7.12. The number of nitro groups is 1. The van der Waals surface area contributed by atoms with Gasteiger partial charge in [-0.25, -0.2) is 9.79 Å². The molecule has 1 aliphatic rings. The Bertz CT molecular complexity index is 1970. The zero-order valence-electron chi connectivity index (χ0n) is 23.4. The van der Waals surface area contributed by atoms with Crippen LogP contribution in [0.5, 0.6) is 5.75 Å². The Balaban J connectivity index is 1.63. The van der Waals surface area contributed by atoms with Gasteiger partial charge in [0.2, 0.25) is 0 Å². The molecule has 0 spiro atoms. The van der Waals surface area contributed by atoms with E-state index in [4.69, 9.17) is 13.9 Å². The number of rotatable bonds is 7. The summed E-state index contributed by atoms with van der Waals surface area (Å²) in [5.74, 6) is 0.873. The summed E-state index contributed by atoms with van der Waals surface area (Å²) in [4.78, 5) is 43.1. The molecular weight excluding hydrogens is 626 g/mol. The van der Waals surface area contributed by atoms with E-state index in [1.165, 1.54) is 22.0 Å². The molecule has 0 fully saturated rings. The van der Waals surface area contributed by atoms with Crippen LogP contribution in [0.2, 0.25) is 0 Å². The number of esters is 1. The Labute approximate surface area is 252 Å². The molecule has 12 heteroatoms. The molecule has 0 N–H and O–H groups in total. The Morgan fingerprint density at radius 1 is 1.21 bits per heavy atom. The lowest BCUT2D eigenvalue weighted by Crippen LogP contribution is -2.39. The molecular formula is C30H26BrN3O7S. The van der Waals surface area contributed by atoms with Gasteiger partial charge in [-0.05, 0) is 85.1 Å². The molecule has 1 aliphatic heterocycles. The topological polar surface area (TPSA) is 126 Å². The zero-order chi connectivity index (χ0) is 30.3. The average molecular weight is 653 g/mol. The summed E-state index contributed by atoms with van der Waals surface area (Å²) in [7, 11) is 1.55. The number of furan rings is 1. The Morgan fingerprint density at radius 2 is 1.98 bits per heavy atom. The van der Waals surface area contributed by atoms with E-state index in [-0.39, 0.29) is 23.4 Å². The summed E-state index contributed by atoms with van der Waals surface area (Å²) >= 11 is 4.68. The number of carbonyl (C=O) groups excluding carboxylic acids is 1. The van der Waals surface area contributed by atoms with Crippen LogP contribution >= 0.6 is 27.3 Å². The van der Waals surface area contributed by atoms with Gasteiger partial charge >= 0.3 is 5.97 Å². The van der Waals surface area contributed by atoms with Gasteiger partial charge < -0.3 is 13.9 Å². The van der Waals surface area contributed by atoms with E-state index < -0.39 is 16.9 Å². The van der Waals surface area contributed by atoms with E-state index in [9.17, 15) is 19.7 Å². The largest absolute Gasteiger partial charge is 0.496 e. The zero-order valence-corrected chi connectivity index (χ0v) is 25.8. The number of carbonyl (C=O) groups is 1. The second kappa shape index (κ2) is 11.5. The van der Waals surface area contributed by atoms with Crippen molar-refractivity contribution in [3.63, 3.8) is 0 Å². The van der Waals surface area contributed by atoms with E-state index >= 15 is 0 Å². The molecule has 0 radical (unpaired) electrons. The lowest BCUT2D eigenvalue weighted by atomic mass is 9.96. The van der Waals surface area contributed by atoms with Crippen LogP contribution in [0.25, 0.3) is 17.4 Å². The van der Waals surface area contributed by atoms with Crippen LogP contribution in [0.3, 0.4) is 0 Å². The maximum Gasteiger partial charge on any atom is 0.338 e. The standard InChI is InChI=1S/C30H26BrN3O7S/c1-6-40-29(36)26-17(4)32-30-33(27(26)18-7-9-24(39-5)21(31)12-18)28(35)25(42-30)14-20-8-10-23(41-20)19-11-15(2)16(3)22(13-19)34(37)38/h7-14,27H,6H2,1-5H3/b25-14-. The van der Waals surface area contributed by atoms with Crippen molar-refractivity contribution in [2.24, 2.45) is 4.99 Å². The van der Waals surface area contributed by atoms with Crippen LogP contribution in [0, 0.1) is 24.0 Å². The molecule has 0 saturated carbocycles. The quantitative estimate of drug-likeness (QED) is 0.150. The number of halogens is 1. The summed E-state index contributed by atoms with van der Waals surface area (Å²) in [5, 5.41) is 11.5. The fourth-order valence-electron chi connectivity index (χ4n) is 4.85. The summed E-state index contributed by atoms with van der Waals surface area (Å²) in [5.41, 5.74) is 2.96. The Hall–Kier alpha value is -4.29. The minimum absolute atomic E-state index is 0.00852. The number of ether oxygens (including phenoxy) is 2. The first kappa shape index (κ1) is 29.2. The van der Waals surface area contributed by atoms with Crippen molar-refractivity contribution < 1.29 is 23.6 Å². The fraction of sp³-hybridized carbons (Fsp3) is 0.233. The smallest absolute Gasteiger partial charge is 0.338 e. The molecule has 216 valence electrons. The van der Waals surface area contributed by atoms with Gasteiger partial charge in [0.15, 0.2) is 4.80 Å². The van der Waals surface area contributed by atoms with Gasteiger partial charge in [0, 0.05) is 23.3 Å². The minimum Gasteiger partial charge on any atom is -0.496 e. The molecule has 0 saturated heterocycles. The van der Waals surface area contributed by atoms with Crippen LogP contribution in [0.1, 0.15) is 42.3 Å². The fourth-order valence-corrected chi connectivity index (χ4v) is 6.43. The highest BCUT2D eigenvalue weighted by Gasteiger charge is 2.33. The van der Waals surface area contributed by atoms with Gasteiger partial charge in [-0.3, -0.25) is 19.5 Å². The Morgan fingerprint density at radius 3 is 2.64 bits per heavy atom. The van der Waals surface area contributed by atoms with Crippen LogP contribution in [-0.2, 0) is 9.53 Å². The van der Waals surface area contributed by atoms with E-state index in [0.29, 0.717) is 53.5 Å². The lowest BCUT2D eigenvalue weighted by Gasteiger charge is -2.25. The number of allylic oxidation sites excluding steroid dienone is 1. The molecule has 4 aromatic rings. The molecule has 42 heavy (non-hydrogen) atoms. The molecule has 5 rings (SSSR count). The molecule has 2 aromatic heterocycles. The monoisotopic (exact) mass is 651 g/mol. The van der Waals surface area contributed by atoms with E-state index in [1.807, 2.05) is 6.07 Å². The van der Waals surface area contributed by atoms with Crippen LogP contribution < -0.4 is 19.6 Å². The van der Waals surface area contributed by atoms with Gasteiger partial charge in [0.1, 0.15) is 17.3 Å². The number of methoxy groups -OCH3 is 1. The molecule has 0 amide bonds. The van der Waals surface area contributed by atoms with Crippen molar-refractivity contribution in [2.45, 2.75) is 33.7 Å². The maximum atomic E-state index is 13.9. The van der Waals surface area contributed by atoms with Crippen LogP contribution in [0.15, 0.2) is 72.4 Å². The van der Waals surface area contributed by atoms with Crippen molar-refractivity contribution in [3.05, 3.63) is 110 Å². The third kappa shape index (κ3) is 5.23. The van der Waals surface area contributed by atoms with Gasteiger partial charge in [-0.15, -0.1) is 0 Å². The van der Waals surface area contributed by atoms with Gasteiger partial charge in [-0.1, -0.05) is 17.4 Å².